The highest BCUT2D eigenvalue weighted by molar-refractivity contribution is 6.34. The summed E-state index contributed by atoms with van der Waals surface area (Å²) in [7, 11) is 1.31. The number of nitrogens with zero attached hydrogens (tertiary/aromatic N) is 5. The first-order valence-electron chi connectivity index (χ1n) is 14.9. The van der Waals surface area contributed by atoms with Crippen LogP contribution in [0, 0.1) is 0 Å². The van der Waals surface area contributed by atoms with Crippen molar-refractivity contribution in [3.63, 3.8) is 0 Å². The van der Waals surface area contributed by atoms with E-state index in [2.05, 4.69) is 26.0 Å². The Kier molecular flexibility index (Phi) is 8.40. The summed E-state index contributed by atoms with van der Waals surface area (Å²) in [6.07, 6.45) is -1.03. The summed E-state index contributed by atoms with van der Waals surface area (Å²) in [5.41, 5.74) is 4.09. The quantitative estimate of drug-likeness (QED) is 0.274. The minimum absolute atomic E-state index is 0.0375. The number of nitrogens with two attached hydrogens (primary N) is 1. The lowest BCUT2D eigenvalue weighted by Gasteiger charge is -2.37. The Morgan fingerprint density at radius 1 is 1.06 bits per heavy atom. The Labute approximate surface area is 269 Å². The van der Waals surface area contributed by atoms with Crippen molar-refractivity contribution in [1.29, 1.82) is 0 Å². The number of urea groups is 1. The average molecular weight is 684 g/mol. The summed E-state index contributed by atoms with van der Waals surface area (Å²) in [6.45, 7) is 0.943. The second-order valence-corrected chi connectivity index (χ2v) is 12.5. The Balaban J connectivity index is 1.07. The number of carbonyl (C=O) groups is 3. The van der Waals surface area contributed by atoms with E-state index in [4.69, 9.17) is 17.3 Å². The van der Waals surface area contributed by atoms with Crippen molar-refractivity contribution >= 4 is 35.1 Å². The number of carbonyl (C=O) groups excluding carboxylic acids is 3. The van der Waals surface area contributed by atoms with Crippen LogP contribution in [0.15, 0.2) is 30.6 Å². The van der Waals surface area contributed by atoms with Crippen LogP contribution in [0.2, 0.25) is 5.02 Å². The average Bonchev–Trinajstić information content (AvgIpc) is 3.28. The smallest absolute Gasteiger partial charge is 0.349 e. The molecule has 3 aromatic rings. The number of benzene rings is 1. The molecule has 1 saturated heterocycles. The van der Waals surface area contributed by atoms with Gasteiger partial charge in [-0.25, -0.2) is 18.6 Å². The van der Waals surface area contributed by atoms with Gasteiger partial charge in [0.2, 0.25) is 0 Å². The number of likely N-dealkylation sites (tertiary alicyclic amines) is 1. The standard InChI is InChI=1S/C29H31ClF5N9O3/c1-42-21(19-13-44(22-11-28(22,31)32)41-23(19)29(33,34)35)12-37-24(42)26(46)39-16-2-3-18(20(30)10-16)25(45)38-15-4-6-43(7-5-15)27(47)40-17-8-14(36)9-17/h2-3,10,12-15,17,22H,4-9,11,36H2,1H3,(H,38,45)(H,39,46)(H,40,47)/t14-,17+,22?. The molecule has 4 amide bonds. The molecule has 252 valence electrons. The van der Waals surface area contributed by atoms with Crippen LogP contribution in [0.25, 0.3) is 11.3 Å². The fourth-order valence-electron chi connectivity index (χ4n) is 5.80. The molecule has 1 atom stereocenters. The minimum atomic E-state index is -4.94. The lowest BCUT2D eigenvalue weighted by molar-refractivity contribution is -0.141. The molecule has 6 rings (SSSR count). The van der Waals surface area contributed by atoms with Gasteiger partial charge in [-0.2, -0.15) is 18.3 Å². The molecule has 47 heavy (non-hydrogen) atoms. The molecule has 2 saturated carbocycles. The molecule has 3 heterocycles. The zero-order valence-electron chi connectivity index (χ0n) is 25.0. The van der Waals surface area contributed by atoms with Crippen LogP contribution < -0.4 is 21.7 Å². The van der Waals surface area contributed by atoms with Gasteiger partial charge in [0.1, 0.15) is 6.04 Å². The number of anilines is 1. The molecule has 1 aliphatic heterocycles. The number of aromatic nitrogens is 4. The van der Waals surface area contributed by atoms with Crippen molar-refractivity contribution < 1.29 is 36.3 Å². The van der Waals surface area contributed by atoms with Crippen LogP contribution in [0.5, 0.6) is 0 Å². The van der Waals surface area contributed by atoms with Crippen molar-refractivity contribution in [3.05, 3.63) is 52.7 Å². The number of rotatable bonds is 7. The van der Waals surface area contributed by atoms with Crippen molar-refractivity contribution in [2.45, 2.75) is 68.4 Å². The highest BCUT2D eigenvalue weighted by Gasteiger charge is 2.59. The Bertz CT molecular complexity index is 1710. The summed E-state index contributed by atoms with van der Waals surface area (Å²) in [4.78, 5) is 44.1. The molecule has 0 spiro atoms. The zero-order valence-corrected chi connectivity index (χ0v) is 25.7. The number of amides is 4. The summed E-state index contributed by atoms with van der Waals surface area (Å²) in [6, 6.07) is 2.62. The van der Waals surface area contributed by atoms with Crippen molar-refractivity contribution in [2.24, 2.45) is 12.8 Å². The molecule has 3 fully saturated rings. The van der Waals surface area contributed by atoms with E-state index in [0.717, 1.165) is 29.8 Å². The molecule has 1 unspecified atom stereocenters. The normalized spacial score (nSPS) is 22.4. The second-order valence-electron chi connectivity index (χ2n) is 12.1. The zero-order chi connectivity index (χ0) is 33.8. The summed E-state index contributed by atoms with van der Waals surface area (Å²) in [5, 5.41) is 11.8. The maximum atomic E-state index is 13.7. The van der Waals surface area contributed by atoms with Gasteiger partial charge in [0.05, 0.1) is 28.0 Å². The van der Waals surface area contributed by atoms with E-state index in [0.29, 0.717) is 30.6 Å². The monoisotopic (exact) mass is 683 g/mol. The van der Waals surface area contributed by atoms with Crippen LogP contribution in [0.3, 0.4) is 0 Å². The highest BCUT2D eigenvalue weighted by Crippen LogP contribution is 2.53. The predicted octanol–water partition coefficient (Wildman–Crippen LogP) is 4.18. The molecule has 0 radical (unpaired) electrons. The molecule has 1 aromatic carbocycles. The Hall–Kier alpha value is -4.25. The van der Waals surface area contributed by atoms with Crippen LogP contribution in [0.1, 0.15) is 64.8 Å². The maximum absolute atomic E-state index is 13.7. The van der Waals surface area contributed by atoms with E-state index >= 15 is 0 Å². The van der Waals surface area contributed by atoms with Gasteiger partial charge in [-0.3, -0.25) is 14.3 Å². The topological polar surface area (TPSA) is 152 Å². The van der Waals surface area contributed by atoms with Crippen LogP contribution in [-0.4, -0.2) is 79.2 Å². The SMILES string of the molecule is Cn1c(-c2cn(C3CC3(F)F)nc2C(F)(F)F)cnc1C(=O)Nc1ccc(C(=O)NC2CCN(C(=O)N[C@H]3C[C@@H](N)C3)CC2)c(Cl)c1. The van der Waals surface area contributed by atoms with Gasteiger partial charge >= 0.3 is 12.2 Å². The second kappa shape index (κ2) is 12.1. The molecule has 5 N–H and O–H groups in total. The third kappa shape index (κ3) is 6.76. The Morgan fingerprint density at radius 2 is 1.74 bits per heavy atom. The fourth-order valence-corrected chi connectivity index (χ4v) is 6.07. The van der Waals surface area contributed by atoms with Crippen LogP contribution in [-0.2, 0) is 13.2 Å². The van der Waals surface area contributed by atoms with Crippen molar-refractivity contribution in [1.82, 2.24) is 34.9 Å². The Morgan fingerprint density at radius 3 is 2.34 bits per heavy atom. The largest absolute Gasteiger partial charge is 0.435 e. The van der Waals surface area contributed by atoms with Crippen LogP contribution in [0.4, 0.5) is 32.4 Å². The van der Waals surface area contributed by atoms with E-state index in [9.17, 15) is 36.3 Å². The molecule has 18 heteroatoms. The minimum Gasteiger partial charge on any atom is -0.349 e. The molecule has 0 bridgehead atoms. The van der Waals surface area contributed by atoms with E-state index in [1.54, 1.807) is 4.90 Å². The van der Waals surface area contributed by atoms with Gasteiger partial charge in [-0.1, -0.05) is 11.6 Å². The summed E-state index contributed by atoms with van der Waals surface area (Å²) < 4.78 is 70.0. The van der Waals surface area contributed by atoms with Gasteiger partial charge < -0.3 is 31.2 Å². The van der Waals surface area contributed by atoms with Crippen molar-refractivity contribution in [2.75, 3.05) is 18.4 Å². The van der Waals surface area contributed by atoms with Crippen LogP contribution >= 0.6 is 11.6 Å². The van der Waals surface area contributed by atoms with Gasteiger partial charge in [-0.15, -0.1) is 0 Å². The molecule has 2 aromatic heterocycles. The van der Waals surface area contributed by atoms with E-state index in [1.165, 1.54) is 25.2 Å². The number of hydrogen-bond acceptors (Lipinski definition) is 6. The number of halogens is 6. The highest BCUT2D eigenvalue weighted by atomic mass is 35.5. The number of alkyl halides is 5. The predicted molar refractivity (Wildman–Crippen MR) is 159 cm³/mol. The lowest BCUT2D eigenvalue weighted by Crippen LogP contribution is -2.56. The van der Waals surface area contributed by atoms with E-state index in [1.807, 2.05) is 0 Å². The summed E-state index contributed by atoms with van der Waals surface area (Å²) in [5.74, 6) is -4.65. The maximum Gasteiger partial charge on any atom is 0.435 e. The molecule has 12 nitrogen and oxygen atoms in total. The molecular formula is C29H31ClF5N9O3. The molecule has 3 aliphatic rings. The number of imidazole rings is 1. The van der Waals surface area contributed by atoms with Gasteiger partial charge in [0.15, 0.2) is 11.5 Å². The first-order valence-corrected chi connectivity index (χ1v) is 15.3. The third-order valence-electron chi connectivity index (χ3n) is 8.67. The number of hydrogen-bond donors (Lipinski definition) is 4. The summed E-state index contributed by atoms with van der Waals surface area (Å²) >= 11 is 6.37. The molecule has 2 aliphatic carbocycles. The molecular weight excluding hydrogens is 653 g/mol. The lowest BCUT2D eigenvalue weighted by atomic mass is 9.88. The van der Waals surface area contributed by atoms with Gasteiger partial charge in [0, 0.05) is 56.6 Å². The number of nitrogens with one attached hydrogen (secondary N) is 3. The van der Waals surface area contributed by atoms with Crippen molar-refractivity contribution in [3.8, 4) is 11.3 Å². The van der Waals surface area contributed by atoms with Gasteiger partial charge in [0.25, 0.3) is 17.7 Å². The third-order valence-corrected chi connectivity index (χ3v) is 8.98. The fraction of sp³-hybridized carbons (Fsp3) is 0.483. The van der Waals surface area contributed by atoms with E-state index in [-0.39, 0.29) is 51.9 Å². The van der Waals surface area contributed by atoms with Gasteiger partial charge in [-0.05, 0) is 43.9 Å². The first-order chi connectivity index (χ1) is 22.1. The number of piperidine rings is 1. The first kappa shape index (κ1) is 32.7. The van der Waals surface area contributed by atoms with E-state index < -0.39 is 47.6 Å².